The van der Waals surface area contributed by atoms with Gasteiger partial charge in [0, 0.05) is 31.9 Å². The second kappa shape index (κ2) is 10.3. The first-order chi connectivity index (χ1) is 17.3. The van der Waals surface area contributed by atoms with E-state index in [-0.39, 0.29) is 29.2 Å². The number of hydrogen-bond acceptors (Lipinski definition) is 7. The van der Waals surface area contributed by atoms with Crippen LogP contribution in [0.25, 0.3) is 0 Å². The molecule has 2 heterocycles. The largest absolute Gasteiger partial charge is 0.490 e. The lowest BCUT2D eigenvalue weighted by Gasteiger charge is -2.39. The van der Waals surface area contributed by atoms with Crippen LogP contribution < -0.4 is 15.4 Å². The Bertz CT molecular complexity index is 1070. The second-order valence-corrected chi connectivity index (χ2v) is 11.2. The van der Waals surface area contributed by atoms with Crippen molar-refractivity contribution in [1.82, 2.24) is 20.2 Å². The zero-order chi connectivity index (χ0) is 25.2. The van der Waals surface area contributed by atoms with Gasteiger partial charge in [-0.15, -0.1) is 0 Å². The number of benzene rings is 1. The van der Waals surface area contributed by atoms with E-state index in [0.29, 0.717) is 24.2 Å². The quantitative estimate of drug-likeness (QED) is 0.549. The molecule has 2 bridgehead atoms. The molecule has 0 radical (unpaired) electrons. The average molecular weight is 494 g/mol. The fourth-order valence-electron chi connectivity index (χ4n) is 6.31. The molecule has 2 aliphatic carbocycles. The summed E-state index contributed by atoms with van der Waals surface area (Å²) in [6.45, 7) is 12.0. The summed E-state index contributed by atoms with van der Waals surface area (Å²) >= 11 is 0. The Labute approximate surface area is 214 Å². The number of nitrogens with one attached hydrogen (secondary N) is 2. The van der Waals surface area contributed by atoms with Crippen LogP contribution in [0.3, 0.4) is 0 Å². The molecule has 1 aromatic carbocycles. The van der Waals surface area contributed by atoms with Crippen molar-refractivity contribution in [3.8, 4) is 5.75 Å². The van der Waals surface area contributed by atoms with Gasteiger partial charge in [-0.05, 0) is 54.2 Å². The van der Waals surface area contributed by atoms with Crippen LogP contribution in [0.4, 0.5) is 11.6 Å². The first-order valence-corrected chi connectivity index (χ1v) is 13.3. The van der Waals surface area contributed by atoms with Crippen molar-refractivity contribution in [2.24, 2.45) is 16.7 Å². The zero-order valence-corrected chi connectivity index (χ0v) is 21.8. The summed E-state index contributed by atoms with van der Waals surface area (Å²) in [7, 11) is 0. The maximum absolute atomic E-state index is 12.9. The monoisotopic (exact) mass is 493 g/mol. The van der Waals surface area contributed by atoms with E-state index in [2.05, 4.69) is 46.3 Å². The van der Waals surface area contributed by atoms with Crippen LogP contribution >= 0.6 is 0 Å². The first-order valence-electron chi connectivity index (χ1n) is 13.3. The van der Waals surface area contributed by atoms with Crippen LogP contribution in [0.5, 0.6) is 5.75 Å². The van der Waals surface area contributed by atoms with Gasteiger partial charge < -0.3 is 20.1 Å². The minimum atomic E-state index is 0.0288. The smallest absolute Gasteiger partial charge is 0.227 e. The number of hydrogen-bond donors (Lipinski definition) is 2. The third-order valence-corrected chi connectivity index (χ3v) is 9.09. The Morgan fingerprint density at radius 2 is 2.00 bits per heavy atom. The number of aromatic nitrogens is 2. The van der Waals surface area contributed by atoms with E-state index >= 15 is 0 Å². The van der Waals surface area contributed by atoms with E-state index in [9.17, 15) is 4.79 Å². The number of ether oxygens (including phenoxy) is 2. The van der Waals surface area contributed by atoms with Crippen LogP contribution in [0, 0.1) is 16.7 Å². The van der Waals surface area contributed by atoms with Gasteiger partial charge in [0.2, 0.25) is 11.9 Å². The van der Waals surface area contributed by atoms with Gasteiger partial charge in [-0.3, -0.25) is 9.69 Å². The summed E-state index contributed by atoms with van der Waals surface area (Å²) in [6, 6.07) is 9.84. The van der Waals surface area contributed by atoms with Gasteiger partial charge in [0.05, 0.1) is 31.0 Å². The van der Waals surface area contributed by atoms with E-state index in [0.717, 1.165) is 50.7 Å². The van der Waals surface area contributed by atoms with Crippen molar-refractivity contribution in [2.75, 3.05) is 44.8 Å². The Kier molecular flexibility index (Phi) is 7.17. The van der Waals surface area contributed by atoms with E-state index in [1.54, 1.807) is 6.20 Å². The van der Waals surface area contributed by atoms with Crippen molar-refractivity contribution in [3.63, 3.8) is 0 Å². The Hall–Kier alpha value is -2.71. The molecule has 0 spiro atoms. The molecule has 2 aromatic rings. The van der Waals surface area contributed by atoms with E-state index in [1.807, 2.05) is 30.3 Å². The van der Waals surface area contributed by atoms with Gasteiger partial charge in [-0.2, -0.15) is 0 Å². The molecule has 2 saturated carbocycles. The third kappa shape index (κ3) is 5.06. The highest BCUT2D eigenvalue weighted by atomic mass is 16.5. The number of para-hydroxylation sites is 2. The van der Waals surface area contributed by atoms with E-state index in [1.165, 1.54) is 12.8 Å². The lowest BCUT2D eigenvalue weighted by molar-refractivity contribution is -0.122. The number of carbonyl (C=O) groups is 1. The number of morpholine rings is 1. The molecule has 3 atom stereocenters. The summed E-state index contributed by atoms with van der Waals surface area (Å²) in [5.41, 5.74) is 1.94. The van der Waals surface area contributed by atoms with E-state index in [4.69, 9.17) is 9.47 Å². The predicted molar refractivity (Wildman–Crippen MR) is 139 cm³/mol. The van der Waals surface area contributed by atoms with Gasteiger partial charge in [0.25, 0.3) is 0 Å². The van der Waals surface area contributed by atoms with Crippen LogP contribution in [0.1, 0.15) is 45.7 Å². The van der Waals surface area contributed by atoms with Gasteiger partial charge in [0.15, 0.2) is 0 Å². The molecule has 194 valence electrons. The molecule has 5 rings (SSSR count). The minimum Gasteiger partial charge on any atom is -0.490 e. The van der Waals surface area contributed by atoms with Crippen LogP contribution in [-0.4, -0.2) is 66.3 Å². The molecule has 1 amide bonds. The van der Waals surface area contributed by atoms with Gasteiger partial charge >= 0.3 is 0 Å². The van der Waals surface area contributed by atoms with E-state index < -0.39 is 0 Å². The predicted octanol–water partition coefficient (Wildman–Crippen LogP) is 3.80. The maximum atomic E-state index is 12.9. The third-order valence-electron chi connectivity index (χ3n) is 9.09. The highest BCUT2D eigenvalue weighted by molar-refractivity contribution is 5.78. The summed E-state index contributed by atoms with van der Waals surface area (Å²) in [5, 5.41) is 6.61. The summed E-state index contributed by atoms with van der Waals surface area (Å²) in [4.78, 5) is 24.3. The zero-order valence-electron chi connectivity index (χ0n) is 21.8. The Morgan fingerprint density at radius 1 is 1.19 bits per heavy atom. The Balaban J connectivity index is 1.17. The molecule has 8 nitrogen and oxygen atoms in total. The molecule has 3 unspecified atom stereocenters. The lowest BCUT2D eigenvalue weighted by atomic mass is 9.69. The van der Waals surface area contributed by atoms with Crippen LogP contribution in [-0.2, 0) is 16.0 Å². The molecule has 8 heteroatoms. The molecule has 1 saturated heterocycles. The number of carbonyl (C=O) groups excluding carboxylic acids is 1. The average Bonchev–Trinajstić information content (AvgIpc) is 3.20. The van der Waals surface area contributed by atoms with Crippen molar-refractivity contribution >= 4 is 17.5 Å². The van der Waals surface area contributed by atoms with Gasteiger partial charge in [0.1, 0.15) is 12.4 Å². The lowest BCUT2D eigenvalue weighted by Crippen LogP contribution is -2.47. The number of nitrogens with zero attached hydrogens (tertiary/aromatic N) is 3. The van der Waals surface area contributed by atoms with Crippen molar-refractivity contribution in [3.05, 3.63) is 42.2 Å². The standard InChI is InChI=1S/C28H39N5O3/c1-27(2)20-8-10-28(27,3)24(18-20)32-25(34)19-21-9-11-29-26(30-21)31-22-6-4-5-7-23(22)36-17-14-33-12-15-35-16-13-33/h4-7,9,11,20,24H,8,10,12-19H2,1-3H3,(H,32,34)(H,29,30,31). The molecular weight excluding hydrogens is 454 g/mol. The highest BCUT2D eigenvalue weighted by Gasteiger charge is 2.61. The topological polar surface area (TPSA) is 88.6 Å². The van der Waals surface area contributed by atoms with Crippen molar-refractivity contribution in [1.29, 1.82) is 0 Å². The number of amides is 1. The number of fused-ring (bicyclic) bond motifs is 2. The molecule has 3 aliphatic rings. The second-order valence-electron chi connectivity index (χ2n) is 11.2. The molecule has 1 aliphatic heterocycles. The number of anilines is 2. The van der Waals surface area contributed by atoms with Crippen LogP contribution in [0.15, 0.2) is 36.5 Å². The molecule has 2 N–H and O–H groups in total. The van der Waals surface area contributed by atoms with Crippen LogP contribution in [0.2, 0.25) is 0 Å². The fraction of sp³-hybridized carbons (Fsp3) is 0.607. The molecule has 3 fully saturated rings. The van der Waals surface area contributed by atoms with Crippen molar-refractivity contribution in [2.45, 2.75) is 52.5 Å². The van der Waals surface area contributed by atoms with Crippen molar-refractivity contribution < 1.29 is 14.3 Å². The molecular formula is C28H39N5O3. The summed E-state index contributed by atoms with van der Waals surface area (Å²) < 4.78 is 11.5. The SMILES string of the molecule is CC1(C)C2CCC1(C)C(NC(=O)Cc1ccnc(Nc3ccccc3OCCN3CCOCC3)n1)C2. The summed E-state index contributed by atoms with van der Waals surface area (Å²) in [5.74, 6) is 1.93. The number of rotatable bonds is 9. The molecule has 36 heavy (non-hydrogen) atoms. The highest BCUT2D eigenvalue weighted by Crippen LogP contribution is 2.65. The Morgan fingerprint density at radius 3 is 2.75 bits per heavy atom. The van der Waals surface area contributed by atoms with Gasteiger partial charge in [-0.25, -0.2) is 9.97 Å². The first kappa shape index (κ1) is 25.0. The maximum Gasteiger partial charge on any atom is 0.227 e. The molecule has 1 aromatic heterocycles. The fourth-order valence-corrected chi connectivity index (χ4v) is 6.31. The van der Waals surface area contributed by atoms with Gasteiger partial charge in [-0.1, -0.05) is 32.9 Å². The summed E-state index contributed by atoms with van der Waals surface area (Å²) in [6.07, 6.45) is 5.48. The normalized spacial score (nSPS) is 27.1. The minimum absolute atomic E-state index is 0.0288.